The second-order valence-corrected chi connectivity index (χ2v) is 7.10. The van der Waals surface area contributed by atoms with Gasteiger partial charge in [0.2, 0.25) is 5.91 Å². The number of pyridine rings is 1. The molecule has 1 fully saturated rings. The molecule has 1 aliphatic rings. The fourth-order valence-electron chi connectivity index (χ4n) is 3.43. The molecule has 1 aliphatic heterocycles. The van der Waals surface area contributed by atoms with Gasteiger partial charge in [-0.15, -0.1) is 0 Å². The first-order chi connectivity index (χ1) is 12.1. The van der Waals surface area contributed by atoms with E-state index < -0.39 is 5.41 Å². The molecular weight excluding hydrogens is 308 g/mol. The van der Waals surface area contributed by atoms with Crippen LogP contribution < -0.4 is 4.90 Å². The highest BCUT2D eigenvalue weighted by Crippen LogP contribution is 2.43. The minimum absolute atomic E-state index is 0.118. The van der Waals surface area contributed by atoms with Crippen LogP contribution in [-0.2, 0) is 4.79 Å². The van der Waals surface area contributed by atoms with Gasteiger partial charge in [0.15, 0.2) is 0 Å². The largest absolute Gasteiger partial charge is 0.282 e. The Morgan fingerprint density at radius 1 is 1.00 bits per heavy atom. The van der Waals surface area contributed by atoms with Crippen LogP contribution in [0, 0.1) is 5.41 Å². The van der Waals surface area contributed by atoms with Crippen molar-refractivity contribution in [1.82, 2.24) is 4.98 Å². The molecule has 1 amide bonds. The standard InChI is InChI=1S/C22H20N2O/c1-22(2)15-18(14-16-8-4-3-5-9-16)24(21(22)25)19-12-6-10-17-11-7-13-23-20(17)19/h3-14H,15H2,1-2H3/b18-14-. The van der Waals surface area contributed by atoms with Crippen LogP contribution in [0.3, 0.4) is 0 Å². The first kappa shape index (κ1) is 15.6. The zero-order valence-corrected chi connectivity index (χ0v) is 14.4. The Morgan fingerprint density at radius 2 is 1.76 bits per heavy atom. The lowest BCUT2D eigenvalue weighted by Crippen LogP contribution is -2.30. The van der Waals surface area contributed by atoms with Crippen molar-refractivity contribution in [2.45, 2.75) is 20.3 Å². The fourth-order valence-corrected chi connectivity index (χ4v) is 3.43. The fraction of sp³-hybridized carbons (Fsp3) is 0.182. The molecule has 0 unspecified atom stereocenters. The SMILES string of the molecule is CC1(C)C/C(=C/c2ccccc2)N(c2cccc3cccnc23)C1=O. The Bertz CT molecular complexity index is 968. The van der Waals surface area contributed by atoms with Crippen LogP contribution in [0.1, 0.15) is 25.8 Å². The predicted octanol–water partition coefficient (Wildman–Crippen LogP) is 5.04. The number of para-hydroxylation sites is 1. The van der Waals surface area contributed by atoms with Crippen LogP contribution in [0.2, 0.25) is 0 Å². The Morgan fingerprint density at radius 3 is 2.56 bits per heavy atom. The number of hydrogen-bond acceptors (Lipinski definition) is 2. The number of anilines is 1. The lowest BCUT2D eigenvalue weighted by atomic mass is 9.91. The molecule has 124 valence electrons. The molecule has 1 aromatic heterocycles. The number of allylic oxidation sites excluding steroid dienone is 1. The van der Waals surface area contributed by atoms with Crippen LogP contribution in [0.15, 0.2) is 72.6 Å². The second kappa shape index (κ2) is 5.85. The van der Waals surface area contributed by atoms with Gasteiger partial charge in [-0.05, 0) is 23.8 Å². The summed E-state index contributed by atoms with van der Waals surface area (Å²) in [6, 6.07) is 20.1. The zero-order chi connectivity index (χ0) is 17.4. The summed E-state index contributed by atoms with van der Waals surface area (Å²) in [4.78, 5) is 19.5. The van der Waals surface area contributed by atoms with Gasteiger partial charge in [0.05, 0.1) is 11.2 Å². The maximum Gasteiger partial charge on any atom is 0.237 e. The van der Waals surface area contributed by atoms with Crippen LogP contribution in [0.25, 0.3) is 17.0 Å². The summed E-state index contributed by atoms with van der Waals surface area (Å²) in [6.45, 7) is 4.01. The number of aromatic nitrogens is 1. The molecule has 0 bridgehead atoms. The number of hydrogen-bond donors (Lipinski definition) is 0. The maximum atomic E-state index is 13.1. The molecule has 0 atom stereocenters. The van der Waals surface area contributed by atoms with Crippen molar-refractivity contribution in [3.8, 4) is 0 Å². The van der Waals surface area contributed by atoms with E-state index in [9.17, 15) is 4.79 Å². The third-order valence-corrected chi connectivity index (χ3v) is 4.68. The zero-order valence-electron chi connectivity index (χ0n) is 14.4. The summed E-state index contributed by atoms with van der Waals surface area (Å²) < 4.78 is 0. The topological polar surface area (TPSA) is 33.2 Å². The van der Waals surface area contributed by atoms with Gasteiger partial charge in [0, 0.05) is 29.1 Å². The normalized spacial score (nSPS) is 18.2. The summed E-state index contributed by atoms with van der Waals surface area (Å²) in [5.41, 5.74) is 3.41. The summed E-state index contributed by atoms with van der Waals surface area (Å²) >= 11 is 0. The lowest BCUT2D eigenvalue weighted by molar-refractivity contribution is -0.123. The average Bonchev–Trinajstić information content (AvgIpc) is 2.84. The Kier molecular flexibility index (Phi) is 3.65. The van der Waals surface area contributed by atoms with E-state index in [0.29, 0.717) is 6.42 Å². The Balaban J connectivity index is 1.90. The number of rotatable bonds is 2. The quantitative estimate of drug-likeness (QED) is 0.660. The minimum atomic E-state index is -0.419. The summed E-state index contributed by atoms with van der Waals surface area (Å²) in [5.74, 6) is 0.118. The molecule has 2 heterocycles. The first-order valence-corrected chi connectivity index (χ1v) is 8.50. The van der Waals surface area contributed by atoms with E-state index in [4.69, 9.17) is 0 Å². The molecule has 3 nitrogen and oxygen atoms in total. The van der Waals surface area contributed by atoms with Crippen LogP contribution in [0.5, 0.6) is 0 Å². The van der Waals surface area contributed by atoms with Crippen LogP contribution >= 0.6 is 0 Å². The van der Waals surface area contributed by atoms with Crippen molar-refractivity contribution in [1.29, 1.82) is 0 Å². The van der Waals surface area contributed by atoms with Gasteiger partial charge < -0.3 is 0 Å². The molecule has 0 saturated carbocycles. The third kappa shape index (κ3) is 2.72. The molecule has 2 aromatic carbocycles. The van der Waals surface area contributed by atoms with Gasteiger partial charge >= 0.3 is 0 Å². The van der Waals surface area contributed by atoms with Crippen molar-refractivity contribution in [3.63, 3.8) is 0 Å². The predicted molar refractivity (Wildman–Crippen MR) is 102 cm³/mol. The Hall–Kier alpha value is -2.94. The van der Waals surface area contributed by atoms with E-state index in [1.54, 1.807) is 6.20 Å². The Labute approximate surface area is 147 Å². The highest BCUT2D eigenvalue weighted by atomic mass is 16.2. The number of carbonyl (C=O) groups is 1. The van der Waals surface area contributed by atoms with Crippen molar-refractivity contribution in [2.75, 3.05) is 4.90 Å². The smallest absolute Gasteiger partial charge is 0.237 e. The molecule has 4 rings (SSSR count). The summed E-state index contributed by atoms with van der Waals surface area (Å²) in [5, 5.41) is 1.04. The monoisotopic (exact) mass is 328 g/mol. The van der Waals surface area contributed by atoms with E-state index in [1.807, 2.05) is 67.3 Å². The number of nitrogens with zero attached hydrogens (tertiary/aromatic N) is 2. The minimum Gasteiger partial charge on any atom is -0.282 e. The van der Waals surface area contributed by atoms with Crippen molar-refractivity contribution >= 4 is 28.6 Å². The number of carbonyl (C=O) groups excluding carboxylic acids is 1. The first-order valence-electron chi connectivity index (χ1n) is 8.50. The molecule has 0 N–H and O–H groups in total. The lowest BCUT2D eigenvalue weighted by Gasteiger charge is -2.21. The molecule has 0 spiro atoms. The van der Waals surface area contributed by atoms with Gasteiger partial charge in [0.25, 0.3) is 0 Å². The van der Waals surface area contributed by atoms with Gasteiger partial charge in [-0.2, -0.15) is 0 Å². The highest BCUT2D eigenvalue weighted by Gasteiger charge is 2.43. The van der Waals surface area contributed by atoms with E-state index in [1.165, 1.54) is 0 Å². The molecule has 1 saturated heterocycles. The number of benzene rings is 2. The van der Waals surface area contributed by atoms with Gasteiger partial charge in [-0.1, -0.05) is 62.4 Å². The average molecular weight is 328 g/mol. The van der Waals surface area contributed by atoms with E-state index in [2.05, 4.69) is 23.2 Å². The van der Waals surface area contributed by atoms with Crippen molar-refractivity contribution < 1.29 is 4.79 Å². The van der Waals surface area contributed by atoms with Crippen LogP contribution in [0.4, 0.5) is 5.69 Å². The molecular formula is C22H20N2O. The highest BCUT2D eigenvalue weighted by molar-refractivity contribution is 6.09. The summed E-state index contributed by atoms with van der Waals surface area (Å²) in [7, 11) is 0. The van der Waals surface area contributed by atoms with Crippen LogP contribution in [-0.4, -0.2) is 10.9 Å². The summed E-state index contributed by atoms with van der Waals surface area (Å²) in [6.07, 6.45) is 4.59. The van der Waals surface area contributed by atoms with Gasteiger partial charge in [-0.3, -0.25) is 14.7 Å². The van der Waals surface area contributed by atoms with Crippen molar-refractivity contribution in [2.24, 2.45) is 5.41 Å². The molecule has 3 aromatic rings. The van der Waals surface area contributed by atoms with Crippen molar-refractivity contribution in [3.05, 3.63) is 78.1 Å². The number of amides is 1. The number of fused-ring (bicyclic) bond motifs is 1. The van der Waals surface area contributed by atoms with E-state index >= 15 is 0 Å². The van der Waals surface area contributed by atoms with Gasteiger partial charge in [-0.25, -0.2) is 0 Å². The molecule has 0 radical (unpaired) electrons. The van der Waals surface area contributed by atoms with E-state index in [-0.39, 0.29) is 5.91 Å². The molecule has 0 aliphatic carbocycles. The second-order valence-electron chi connectivity index (χ2n) is 7.10. The maximum absolute atomic E-state index is 13.1. The van der Waals surface area contributed by atoms with E-state index in [0.717, 1.165) is 27.9 Å². The molecule has 3 heteroatoms. The van der Waals surface area contributed by atoms with Gasteiger partial charge in [0.1, 0.15) is 0 Å². The third-order valence-electron chi connectivity index (χ3n) is 4.68. The molecule has 25 heavy (non-hydrogen) atoms.